The average molecular weight is 477 g/mol. The van der Waals surface area contributed by atoms with Crippen molar-refractivity contribution in [3.63, 3.8) is 0 Å². The molecule has 0 saturated carbocycles. The fraction of sp³-hybridized carbons (Fsp3) is 0.115. The Labute approximate surface area is 201 Å². The molecule has 0 bridgehead atoms. The number of carbonyl (C=O) groups excluding carboxylic acids is 2. The minimum absolute atomic E-state index is 0.126. The summed E-state index contributed by atoms with van der Waals surface area (Å²) in [6.07, 6.45) is 1.45. The number of nitrogens with one attached hydrogen (secondary N) is 1. The number of halogens is 2. The van der Waals surface area contributed by atoms with Crippen LogP contribution in [-0.2, 0) is 11.3 Å². The Bertz CT molecular complexity index is 1320. The molecule has 2 amide bonds. The van der Waals surface area contributed by atoms with Crippen molar-refractivity contribution in [1.82, 2.24) is 15.1 Å². The SMILES string of the molecule is NC(=O)C[C@H](NC(=O)c1cn(Cc2ccccc2)nc1-c1ccccc1F)c1cccc(Cl)c1. The molecule has 0 aliphatic carbocycles. The number of carbonyl (C=O) groups is 2. The molecule has 0 spiro atoms. The number of nitrogens with two attached hydrogens (primary N) is 1. The van der Waals surface area contributed by atoms with E-state index in [1.54, 1.807) is 53.3 Å². The predicted octanol–water partition coefficient (Wildman–Crippen LogP) is 4.74. The number of amides is 2. The van der Waals surface area contributed by atoms with Crippen LogP contribution in [-0.4, -0.2) is 21.6 Å². The lowest BCUT2D eigenvalue weighted by Gasteiger charge is -2.18. The molecule has 34 heavy (non-hydrogen) atoms. The Kier molecular flexibility index (Phi) is 7.04. The van der Waals surface area contributed by atoms with Crippen molar-refractivity contribution < 1.29 is 14.0 Å². The number of nitrogens with zero attached hydrogens (tertiary/aromatic N) is 2. The van der Waals surface area contributed by atoms with Crippen LogP contribution in [0.2, 0.25) is 5.02 Å². The van der Waals surface area contributed by atoms with Gasteiger partial charge < -0.3 is 11.1 Å². The van der Waals surface area contributed by atoms with Crippen LogP contribution in [0.1, 0.15) is 33.9 Å². The van der Waals surface area contributed by atoms with Gasteiger partial charge in [0, 0.05) is 16.8 Å². The van der Waals surface area contributed by atoms with Crippen LogP contribution in [0.15, 0.2) is 85.1 Å². The lowest BCUT2D eigenvalue weighted by Crippen LogP contribution is -2.32. The van der Waals surface area contributed by atoms with E-state index in [1.807, 2.05) is 30.3 Å². The van der Waals surface area contributed by atoms with Crippen LogP contribution >= 0.6 is 11.6 Å². The van der Waals surface area contributed by atoms with E-state index >= 15 is 0 Å². The van der Waals surface area contributed by atoms with Gasteiger partial charge in [-0.05, 0) is 35.4 Å². The highest BCUT2D eigenvalue weighted by molar-refractivity contribution is 6.30. The van der Waals surface area contributed by atoms with Crippen molar-refractivity contribution in [1.29, 1.82) is 0 Å². The molecule has 4 rings (SSSR count). The van der Waals surface area contributed by atoms with Gasteiger partial charge in [-0.3, -0.25) is 14.3 Å². The maximum absolute atomic E-state index is 14.6. The molecule has 0 fully saturated rings. The van der Waals surface area contributed by atoms with Crippen LogP contribution in [0.4, 0.5) is 4.39 Å². The summed E-state index contributed by atoms with van der Waals surface area (Å²) in [7, 11) is 0. The normalized spacial score (nSPS) is 11.7. The van der Waals surface area contributed by atoms with Crippen molar-refractivity contribution >= 4 is 23.4 Å². The van der Waals surface area contributed by atoms with Gasteiger partial charge in [-0.2, -0.15) is 5.10 Å². The Hall–Kier alpha value is -3.97. The minimum Gasteiger partial charge on any atom is -0.370 e. The van der Waals surface area contributed by atoms with Crippen LogP contribution in [0, 0.1) is 5.82 Å². The molecule has 0 saturated heterocycles. The van der Waals surface area contributed by atoms with Crippen LogP contribution in [0.5, 0.6) is 0 Å². The molecular formula is C26H22ClFN4O2. The van der Waals surface area contributed by atoms with Gasteiger partial charge in [-0.15, -0.1) is 0 Å². The summed E-state index contributed by atoms with van der Waals surface area (Å²) in [6.45, 7) is 0.397. The standard InChI is InChI=1S/C26H22ClFN4O2/c27-19-10-6-9-18(13-19)23(14-24(29)33)30-26(34)21-16-32(15-17-7-2-1-3-8-17)31-25(21)20-11-4-5-12-22(20)28/h1-13,16,23H,14-15H2,(H2,29,33)(H,30,34)/t23-/m0/s1. The Morgan fingerprint density at radius 2 is 1.76 bits per heavy atom. The summed E-state index contributed by atoms with van der Waals surface area (Å²) in [5, 5.41) is 7.82. The zero-order chi connectivity index (χ0) is 24.1. The molecule has 0 unspecified atom stereocenters. The van der Waals surface area contributed by atoms with Gasteiger partial charge in [0.05, 0.1) is 24.6 Å². The van der Waals surface area contributed by atoms with Crippen LogP contribution < -0.4 is 11.1 Å². The summed E-state index contributed by atoms with van der Waals surface area (Å²) in [6, 6.07) is 21.8. The maximum Gasteiger partial charge on any atom is 0.255 e. The summed E-state index contributed by atoms with van der Waals surface area (Å²) >= 11 is 6.10. The fourth-order valence-corrected chi connectivity index (χ4v) is 3.90. The summed E-state index contributed by atoms with van der Waals surface area (Å²) < 4.78 is 16.2. The van der Waals surface area contributed by atoms with Gasteiger partial charge in [0.2, 0.25) is 5.91 Å². The molecule has 4 aromatic rings. The predicted molar refractivity (Wildman–Crippen MR) is 129 cm³/mol. The lowest BCUT2D eigenvalue weighted by molar-refractivity contribution is -0.118. The molecule has 172 valence electrons. The minimum atomic E-state index is -0.713. The Morgan fingerprint density at radius 1 is 1.03 bits per heavy atom. The second-order valence-corrected chi connectivity index (χ2v) is 8.24. The number of rotatable bonds is 8. The third-order valence-electron chi connectivity index (χ3n) is 5.28. The lowest BCUT2D eigenvalue weighted by atomic mass is 10.0. The monoisotopic (exact) mass is 476 g/mol. The molecule has 8 heteroatoms. The second-order valence-electron chi connectivity index (χ2n) is 7.81. The zero-order valence-electron chi connectivity index (χ0n) is 18.1. The molecular weight excluding hydrogens is 455 g/mol. The van der Waals surface area contributed by atoms with E-state index in [2.05, 4.69) is 10.4 Å². The van der Waals surface area contributed by atoms with Crippen molar-refractivity contribution in [3.8, 4) is 11.3 Å². The molecule has 0 aliphatic rings. The first-order valence-corrected chi connectivity index (χ1v) is 11.0. The molecule has 1 aromatic heterocycles. The molecule has 3 N–H and O–H groups in total. The molecule has 1 atom stereocenters. The smallest absolute Gasteiger partial charge is 0.255 e. The van der Waals surface area contributed by atoms with E-state index in [9.17, 15) is 14.0 Å². The largest absolute Gasteiger partial charge is 0.370 e. The highest BCUT2D eigenvalue weighted by atomic mass is 35.5. The van der Waals surface area contributed by atoms with Gasteiger partial charge in [0.15, 0.2) is 0 Å². The maximum atomic E-state index is 14.6. The summed E-state index contributed by atoms with van der Waals surface area (Å²) in [4.78, 5) is 25.1. The van der Waals surface area contributed by atoms with Crippen molar-refractivity contribution in [2.24, 2.45) is 5.73 Å². The molecule has 1 heterocycles. The highest BCUT2D eigenvalue weighted by Gasteiger charge is 2.24. The van der Waals surface area contributed by atoms with Crippen LogP contribution in [0.3, 0.4) is 0 Å². The molecule has 0 radical (unpaired) electrons. The first-order chi connectivity index (χ1) is 16.4. The number of hydrogen-bond donors (Lipinski definition) is 2. The average Bonchev–Trinajstić information content (AvgIpc) is 3.23. The Balaban J connectivity index is 1.71. The van der Waals surface area contributed by atoms with E-state index in [0.717, 1.165) is 5.56 Å². The summed E-state index contributed by atoms with van der Waals surface area (Å²) in [5.74, 6) is -1.59. The van der Waals surface area contributed by atoms with Crippen LogP contribution in [0.25, 0.3) is 11.3 Å². The first-order valence-electron chi connectivity index (χ1n) is 10.6. The van der Waals surface area contributed by atoms with E-state index < -0.39 is 23.7 Å². The number of benzene rings is 3. The van der Waals surface area contributed by atoms with Gasteiger partial charge in [0.1, 0.15) is 11.5 Å². The number of primary amides is 1. The highest BCUT2D eigenvalue weighted by Crippen LogP contribution is 2.27. The Morgan fingerprint density at radius 3 is 2.47 bits per heavy atom. The molecule has 3 aromatic carbocycles. The van der Waals surface area contributed by atoms with Gasteiger partial charge in [0.25, 0.3) is 5.91 Å². The zero-order valence-corrected chi connectivity index (χ0v) is 18.9. The van der Waals surface area contributed by atoms with E-state index in [4.69, 9.17) is 17.3 Å². The second kappa shape index (κ2) is 10.3. The quantitative estimate of drug-likeness (QED) is 0.385. The first kappa shape index (κ1) is 23.2. The third-order valence-corrected chi connectivity index (χ3v) is 5.52. The van der Waals surface area contributed by atoms with Crippen molar-refractivity contribution in [2.45, 2.75) is 19.0 Å². The van der Waals surface area contributed by atoms with Crippen molar-refractivity contribution in [2.75, 3.05) is 0 Å². The van der Waals surface area contributed by atoms with Crippen molar-refractivity contribution in [3.05, 3.63) is 113 Å². The third kappa shape index (κ3) is 5.50. The van der Waals surface area contributed by atoms with Gasteiger partial charge in [-0.25, -0.2) is 4.39 Å². The fourth-order valence-electron chi connectivity index (χ4n) is 3.70. The van der Waals surface area contributed by atoms with Gasteiger partial charge in [-0.1, -0.05) is 66.2 Å². The topological polar surface area (TPSA) is 90.0 Å². The van der Waals surface area contributed by atoms with Gasteiger partial charge >= 0.3 is 0 Å². The van der Waals surface area contributed by atoms with E-state index in [1.165, 1.54) is 6.07 Å². The molecule has 6 nitrogen and oxygen atoms in total. The van der Waals surface area contributed by atoms with E-state index in [0.29, 0.717) is 17.1 Å². The number of aromatic nitrogens is 2. The van der Waals surface area contributed by atoms with E-state index in [-0.39, 0.29) is 23.2 Å². The summed E-state index contributed by atoms with van der Waals surface area (Å²) in [5.41, 5.74) is 7.61. The number of hydrogen-bond acceptors (Lipinski definition) is 3. The molecule has 0 aliphatic heterocycles.